The standard InChI is InChI=1S/C19H17NO3/c21-18-8-4-7-16-11-15(9-10-17(16)18)12-20-19(22)23-13-14-5-2-1-3-6-14/h1-11,21H,12-13H2,(H,20,22). The van der Waals surface area contributed by atoms with Crippen molar-refractivity contribution in [3.63, 3.8) is 0 Å². The second kappa shape index (κ2) is 6.83. The number of benzene rings is 3. The van der Waals surface area contributed by atoms with E-state index >= 15 is 0 Å². The maximum Gasteiger partial charge on any atom is 0.407 e. The lowest BCUT2D eigenvalue weighted by Gasteiger charge is -2.08. The van der Waals surface area contributed by atoms with Crippen molar-refractivity contribution in [1.29, 1.82) is 0 Å². The Bertz CT molecular complexity index is 815. The summed E-state index contributed by atoms with van der Waals surface area (Å²) in [4.78, 5) is 11.7. The van der Waals surface area contributed by atoms with Crippen LogP contribution < -0.4 is 5.32 Å². The number of hydrogen-bond acceptors (Lipinski definition) is 3. The molecule has 0 unspecified atom stereocenters. The fraction of sp³-hybridized carbons (Fsp3) is 0.105. The summed E-state index contributed by atoms with van der Waals surface area (Å²) in [7, 11) is 0. The summed E-state index contributed by atoms with van der Waals surface area (Å²) in [5, 5.41) is 14.2. The molecule has 116 valence electrons. The van der Waals surface area contributed by atoms with E-state index in [0.29, 0.717) is 6.54 Å². The maximum atomic E-state index is 11.7. The highest BCUT2D eigenvalue weighted by atomic mass is 16.5. The first-order chi connectivity index (χ1) is 11.2. The number of aromatic hydroxyl groups is 1. The number of carbonyl (C=O) groups is 1. The number of phenolic OH excluding ortho intramolecular Hbond substituents is 1. The number of phenols is 1. The van der Waals surface area contributed by atoms with Crippen LogP contribution in [0.2, 0.25) is 0 Å². The predicted molar refractivity (Wildman–Crippen MR) is 89.1 cm³/mol. The minimum atomic E-state index is -0.454. The van der Waals surface area contributed by atoms with Crippen LogP contribution in [0.15, 0.2) is 66.7 Å². The number of amides is 1. The van der Waals surface area contributed by atoms with Gasteiger partial charge in [0.2, 0.25) is 0 Å². The van der Waals surface area contributed by atoms with Crippen molar-refractivity contribution >= 4 is 16.9 Å². The molecule has 0 aliphatic heterocycles. The van der Waals surface area contributed by atoms with Gasteiger partial charge < -0.3 is 15.2 Å². The van der Waals surface area contributed by atoms with Crippen molar-refractivity contribution in [1.82, 2.24) is 5.32 Å². The zero-order valence-corrected chi connectivity index (χ0v) is 12.5. The molecule has 3 aromatic carbocycles. The molecule has 0 bridgehead atoms. The number of alkyl carbamates (subject to hydrolysis) is 1. The molecule has 23 heavy (non-hydrogen) atoms. The zero-order valence-electron chi connectivity index (χ0n) is 12.5. The Morgan fingerprint density at radius 1 is 0.957 bits per heavy atom. The molecule has 0 atom stereocenters. The molecule has 4 heteroatoms. The fourth-order valence-corrected chi connectivity index (χ4v) is 2.37. The Morgan fingerprint density at radius 2 is 1.78 bits per heavy atom. The van der Waals surface area contributed by atoms with Gasteiger partial charge in [0.05, 0.1) is 0 Å². The first kappa shape index (κ1) is 14.9. The summed E-state index contributed by atoms with van der Waals surface area (Å²) in [6, 6.07) is 20.6. The average Bonchev–Trinajstić information content (AvgIpc) is 2.59. The molecular weight excluding hydrogens is 290 g/mol. The van der Waals surface area contributed by atoms with Crippen LogP contribution in [0.4, 0.5) is 4.79 Å². The van der Waals surface area contributed by atoms with Crippen molar-refractivity contribution in [3.05, 3.63) is 77.9 Å². The molecule has 0 saturated heterocycles. The molecule has 3 aromatic rings. The first-order valence-electron chi connectivity index (χ1n) is 7.37. The molecule has 1 amide bonds. The van der Waals surface area contributed by atoms with Gasteiger partial charge in [0.15, 0.2) is 0 Å². The van der Waals surface area contributed by atoms with Crippen LogP contribution in [-0.4, -0.2) is 11.2 Å². The Morgan fingerprint density at radius 3 is 2.61 bits per heavy atom. The molecule has 3 rings (SSSR count). The number of hydrogen-bond donors (Lipinski definition) is 2. The van der Waals surface area contributed by atoms with Crippen LogP contribution in [0, 0.1) is 0 Å². The first-order valence-corrected chi connectivity index (χ1v) is 7.37. The van der Waals surface area contributed by atoms with E-state index < -0.39 is 6.09 Å². The van der Waals surface area contributed by atoms with Gasteiger partial charge in [-0.2, -0.15) is 0 Å². The summed E-state index contributed by atoms with van der Waals surface area (Å²) in [6.45, 7) is 0.623. The third-order valence-corrected chi connectivity index (χ3v) is 3.57. The second-order valence-electron chi connectivity index (χ2n) is 5.25. The Hall–Kier alpha value is -3.01. The topological polar surface area (TPSA) is 58.6 Å². The minimum absolute atomic E-state index is 0.248. The summed E-state index contributed by atoms with van der Waals surface area (Å²) in [5.74, 6) is 0.254. The lowest BCUT2D eigenvalue weighted by molar-refractivity contribution is 0.139. The van der Waals surface area contributed by atoms with Gasteiger partial charge in [-0.15, -0.1) is 0 Å². The van der Waals surface area contributed by atoms with Gasteiger partial charge in [0, 0.05) is 11.9 Å². The highest BCUT2D eigenvalue weighted by molar-refractivity contribution is 5.88. The van der Waals surface area contributed by atoms with Crippen molar-refractivity contribution in [2.45, 2.75) is 13.2 Å². The second-order valence-corrected chi connectivity index (χ2v) is 5.25. The largest absolute Gasteiger partial charge is 0.507 e. The monoisotopic (exact) mass is 307 g/mol. The van der Waals surface area contributed by atoms with Gasteiger partial charge in [-0.25, -0.2) is 4.79 Å². The third kappa shape index (κ3) is 3.80. The quantitative estimate of drug-likeness (QED) is 0.766. The SMILES string of the molecule is O=C(NCc1ccc2c(O)cccc2c1)OCc1ccccc1. The van der Waals surface area contributed by atoms with Crippen molar-refractivity contribution in [2.75, 3.05) is 0 Å². The van der Waals surface area contributed by atoms with Crippen LogP contribution in [0.1, 0.15) is 11.1 Å². The summed E-state index contributed by atoms with van der Waals surface area (Å²) in [5.41, 5.74) is 1.89. The van der Waals surface area contributed by atoms with E-state index in [0.717, 1.165) is 21.9 Å². The van der Waals surface area contributed by atoms with Gasteiger partial charge >= 0.3 is 6.09 Å². The van der Waals surface area contributed by atoms with Crippen LogP contribution in [0.5, 0.6) is 5.75 Å². The Balaban J connectivity index is 1.56. The highest BCUT2D eigenvalue weighted by Gasteiger charge is 2.04. The number of rotatable bonds is 4. The van der Waals surface area contributed by atoms with E-state index in [1.54, 1.807) is 12.1 Å². The summed E-state index contributed by atoms with van der Waals surface area (Å²) < 4.78 is 5.17. The lowest BCUT2D eigenvalue weighted by atomic mass is 10.1. The van der Waals surface area contributed by atoms with E-state index in [2.05, 4.69) is 5.32 Å². The van der Waals surface area contributed by atoms with E-state index in [4.69, 9.17) is 4.74 Å². The van der Waals surface area contributed by atoms with Gasteiger partial charge in [-0.3, -0.25) is 0 Å². The minimum Gasteiger partial charge on any atom is -0.507 e. The smallest absolute Gasteiger partial charge is 0.407 e. The molecule has 0 aliphatic carbocycles. The van der Waals surface area contributed by atoms with Crippen LogP contribution in [-0.2, 0) is 17.9 Å². The van der Waals surface area contributed by atoms with Gasteiger partial charge in [0.1, 0.15) is 12.4 Å². The normalized spacial score (nSPS) is 10.4. The number of nitrogens with one attached hydrogen (secondary N) is 1. The molecule has 0 spiro atoms. The Labute approximate surface area is 134 Å². The Kier molecular flexibility index (Phi) is 4.43. The average molecular weight is 307 g/mol. The van der Waals surface area contributed by atoms with Crippen molar-refractivity contribution in [3.8, 4) is 5.75 Å². The number of fused-ring (bicyclic) bond motifs is 1. The predicted octanol–water partition coefficient (Wildman–Crippen LogP) is 3.97. The van der Waals surface area contributed by atoms with Crippen LogP contribution in [0.25, 0.3) is 10.8 Å². The molecule has 0 saturated carbocycles. The number of ether oxygens (including phenoxy) is 1. The molecular formula is C19H17NO3. The number of carbonyl (C=O) groups excluding carboxylic acids is 1. The van der Waals surface area contributed by atoms with Crippen LogP contribution in [0.3, 0.4) is 0 Å². The van der Waals surface area contributed by atoms with E-state index in [1.165, 1.54) is 0 Å². The summed E-state index contributed by atoms with van der Waals surface area (Å²) >= 11 is 0. The maximum absolute atomic E-state index is 11.7. The molecule has 0 aliphatic rings. The highest BCUT2D eigenvalue weighted by Crippen LogP contribution is 2.24. The van der Waals surface area contributed by atoms with Crippen molar-refractivity contribution in [2.24, 2.45) is 0 Å². The lowest BCUT2D eigenvalue weighted by Crippen LogP contribution is -2.23. The van der Waals surface area contributed by atoms with Gasteiger partial charge in [-0.05, 0) is 28.6 Å². The molecule has 0 radical (unpaired) electrons. The fourth-order valence-electron chi connectivity index (χ4n) is 2.37. The summed E-state index contributed by atoms with van der Waals surface area (Å²) in [6.07, 6.45) is -0.454. The van der Waals surface area contributed by atoms with E-state index in [9.17, 15) is 9.90 Å². The van der Waals surface area contributed by atoms with Gasteiger partial charge in [0.25, 0.3) is 0 Å². The van der Waals surface area contributed by atoms with E-state index in [-0.39, 0.29) is 12.4 Å². The van der Waals surface area contributed by atoms with Crippen molar-refractivity contribution < 1.29 is 14.6 Å². The van der Waals surface area contributed by atoms with E-state index in [1.807, 2.05) is 54.6 Å². The molecule has 4 nitrogen and oxygen atoms in total. The van der Waals surface area contributed by atoms with Gasteiger partial charge in [-0.1, -0.05) is 54.6 Å². The van der Waals surface area contributed by atoms with Crippen LogP contribution >= 0.6 is 0 Å². The molecule has 0 heterocycles. The molecule has 0 fully saturated rings. The zero-order chi connectivity index (χ0) is 16.1. The molecule has 2 N–H and O–H groups in total. The molecule has 0 aromatic heterocycles. The third-order valence-electron chi connectivity index (χ3n) is 3.57.